The second kappa shape index (κ2) is 8.28. The van der Waals surface area contributed by atoms with Crippen LogP contribution in [0.15, 0.2) is 85.0 Å². The molecule has 4 aromatic rings. The molecular weight excluding hydrogens is 386 g/mol. The van der Waals surface area contributed by atoms with Crippen molar-refractivity contribution < 1.29 is 0 Å². The molecule has 0 unspecified atom stereocenters. The molecule has 1 aromatic heterocycles. The second-order valence-corrected chi connectivity index (χ2v) is 8.06. The van der Waals surface area contributed by atoms with E-state index in [4.69, 9.17) is 16.1 Å². The highest BCUT2D eigenvalue weighted by atomic mass is 32.1. The van der Waals surface area contributed by atoms with Crippen molar-refractivity contribution in [3.05, 3.63) is 90.5 Å². The number of allylic oxidation sites excluding steroid dienone is 5. The highest BCUT2D eigenvalue weighted by Crippen LogP contribution is 2.39. The molecule has 1 heterocycles. The fourth-order valence-electron chi connectivity index (χ4n) is 3.47. The largest absolute Gasteiger partial charge is 0.307 e. The molecule has 0 fully saturated rings. The van der Waals surface area contributed by atoms with E-state index in [1.807, 2.05) is 12.1 Å². The van der Waals surface area contributed by atoms with Gasteiger partial charge >= 0.3 is 0 Å². The predicted octanol–water partition coefficient (Wildman–Crippen LogP) is 7.29. The minimum Gasteiger partial charge on any atom is -0.307 e. The summed E-state index contributed by atoms with van der Waals surface area (Å²) in [6.07, 6.45) is 6.42. The van der Waals surface area contributed by atoms with E-state index in [2.05, 4.69) is 61.2 Å². The lowest BCUT2D eigenvalue weighted by Crippen LogP contribution is -1.90. The molecule has 2 N–H and O–H groups in total. The Balaban J connectivity index is 1.67. The second-order valence-electron chi connectivity index (χ2n) is 6.98. The fraction of sp³-hybridized carbons (Fsp3) is 0.0385. The maximum absolute atomic E-state index is 8.84. The summed E-state index contributed by atoms with van der Waals surface area (Å²) >= 11 is 1.80. The standard InChI is InChI=1S/C26H19N3S/c1-17(6-10-21(29)11-7-18(15-27)16-28)20-9-12-24-23(14-20)26-22-5-3-2-4-19(22)8-13-25(26)30-24/h2-10,12-15,27,29H,1,11H2/b10-6-,18-7+,27-15?,29-21?. The lowest BCUT2D eigenvalue weighted by atomic mass is 10.00. The lowest BCUT2D eigenvalue weighted by molar-refractivity contribution is 1.37. The number of nitrogens with zero attached hydrogens (tertiary/aromatic N) is 1. The van der Waals surface area contributed by atoms with Crippen molar-refractivity contribution in [1.82, 2.24) is 0 Å². The summed E-state index contributed by atoms with van der Waals surface area (Å²) in [7, 11) is 0. The average Bonchev–Trinajstić information content (AvgIpc) is 3.16. The molecule has 144 valence electrons. The highest BCUT2D eigenvalue weighted by molar-refractivity contribution is 7.26. The van der Waals surface area contributed by atoms with Crippen LogP contribution in [0, 0.1) is 22.1 Å². The number of benzene rings is 3. The van der Waals surface area contributed by atoms with Crippen molar-refractivity contribution in [2.24, 2.45) is 0 Å². The van der Waals surface area contributed by atoms with Gasteiger partial charge in [0.15, 0.2) is 0 Å². The van der Waals surface area contributed by atoms with Gasteiger partial charge in [-0.15, -0.1) is 11.3 Å². The Morgan fingerprint density at radius 2 is 1.83 bits per heavy atom. The quantitative estimate of drug-likeness (QED) is 0.197. The van der Waals surface area contributed by atoms with Gasteiger partial charge in [0.05, 0.1) is 5.57 Å². The minimum absolute atomic E-state index is 0.258. The Morgan fingerprint density at radius 1 is 1.03 bits per heavy atom. The first-order valence-corrected chi connectivity index (χ1v) is 10.3. The SMILES string of the molecule is C=C(/C=C\C(=N)C/C=C(/C#N)C=N)c1ccc2sc3ccc4ccccc4c3c2c1. The molecule has 0 saturated heterocycles. The van der Waals surface area contributed by atoms with Crippen LogP contribution in [0.3, 0.4) is 0 Å². The van der Waals surface area contributed by atoms with Crippen LogP contribution in [-0.4, -0.2) is 11.9 Å². The Hall–Kier alpha value is -3.81. The Morgan fingerprint density at radius 3 is 2.63 bits per heavy atom. The van der Waals surface area contributed by atoms with Crippen LogP contribution in [-0.2, 0) is 0 Å². The summed E-state index contributed by atoms with van der Waals surface area (Å²) in [6.45, 7) is 4.17. The van der Waals surface area contributed by atoms with E-state index >= 15 is 0 Å². The van der Waals surface area contributed by atoms with Crippen LogP contribution in [0.4, 0.5) is 0 Å². The van der Waals surface area contributed by atoms with Crippen molar-refractivity contribution in [3.63, 3.8) is 0 Å². The van der Waals surface area contributed by atoms with Gasteiger partial charge in [-0.05, 0) is 46.2 Å². The Bertz CT molecular complexity index is 1430. The van der Waals surface area contributed by atoms with Gasteiger partial charge in [0, 0.05) is 38.5 Å². The van der Waals surface area contributed by atoms with Crippen molar-refractivity contribution in [1.29, 1.82) is 16.1 Å². The molecule has 0 aliphatic rings. The fourth-order valence-corrected chi connectivity index (χ4v) is 4.57. The number of fused-ring (bicyclic) bond motifs is 5. The molecule has 0 saturated carbocycles. The zero-order valence-corrected chi connectivity index (χ0v) is 17.1. The third kappa shape index (κ3) is 3.71. The monoisotopic (exact) mass is 405 g/mol. The number of thiophene rings is 1. The third-order valence-corrected chi connectivity index (χ3v) is 6.18. The van der Waals surface area contributed by atoms with Crippen LogP contribution in [0.5, 0.6) is 0 Å². The molecule has 0 atom stereocenters. The Labute approximate surface area is 178 Å². The van der Waals surface area contributed by atoms with Crippen LogP contribution in [0.1, 0.15) is 12.0 Å². The van der Waals surface area contributed by atoms with Gasteiger partial charge < -0.3 is 10.8 Å². The van der Waals surface area contributed by atoms with Crippen molar-refractivity contribution >= 4 is 59.8 Å². The van der Waals surface area contributed by atoms with Gasteiger partial charge in [-0.25, -0.2) is 0 Å². The summed E-state index contributed by atoms with van der Waals surface area (Å²) in [4.78, 5) is 0. The molecule has 0 spiro atoms. The van der Waals surface area contributed by atoms with E-state index in [1.54, 1.807) is 23.5 Å². The molecule has 3 nitrogen and oxygen atoms in total. The van der Waals surface area contributed by atoms with Crippen LogP contribution >= 0.6 is 11.3 Å². The van der Waals surface area contributed by atoms with Crippen LogP contribution in [0.2, 0.25) is 0 Å². The van der Waals surface area contributed by atoms with E-state index < -0.39 is 0 Å². The molecule has 4 rings (SSSR count). The van der Waals surface area contributed by atoms with Crippen molar-refractivity contribution in [3.8, 4) is 6.07 Å². The maximum Gasteiger partial charge on any atom is 0.100 e. The zero-order valence-electron chi connectivity index (χ0n) is 16.3. The molecule has 0 amide bonds. The molecule has 3 aromatic carbocycles. The average molecular weight is 406 g/mol. The number of hydrogen-bond donors (Lipinski definition) is 2. The summed E-state index contributed by atoms with van der Waals surface area (Å²) in [5, 5.41) is 29.0. The van der Waals surface area contributed by atoms with Gasteiger partial charge in [-0.3, -0.25) is 0 Å². The molecule has 30 heavy (non-hydrogen) atoms. The first-order valence-electron chi connectivity index (χ1n) is 9.50. The van der Waals surface area contributed by atoms with E-state index in [0.717, 1.165) is 17.4 Å². The summed E-state index contributed by atoms with van der Waals surface area (Å²) < 4.78 is 2.52. The predicted molar refractivity (Wildman–Crippen MR) is 130 cm³/mol. The van der Waals surface area contributed by atoms with E-state index in [1.165, 1.54) is 30.9 Å². The number of nitrogens with one attached hydrogen (secondary N) is 2. The zero-order chi connectivity index (χ0) is 21.1. The molecule has 4 heteroatoms. The van der Waals surface area contributed by atoms with Crippen LogP contribution in [0.25, 0.3) is 36.5 Å². The van der Waals surface area contributed by atoms with Gasteiger partial charge in [0.1, 0.15) is 6.07 Å². The normalized spacial score (nSPS) is 11.9. The van der Waals surface area contributed by atoms with Crippen molar-refractivity contribution in [2.45, 2.75) is 6.42 Å². The number of rotatable bonds is 6. The number of hydrogen-bond acceptors (Lipinski definition) is 4. The molecule has 0 radical (unpaired) electrons. The molecular formula is C26H19N3S. The Kier molecular flexibility index (Phi) is 5.38. The van der Waals surface area contributed by atoms with Gasteiger partial charge in [-0.1, -0.05) is 55.1 Å². The summed E-state index contributed by atoms with van der Waals surface area (Å²) in [5.41, 5.74) is 2.47. The summed E-state index contributed by atoms with van der Waals surface area (Å²) in [6, 6.07) is 21.1. The molecule has 0 aliphatic carbocycles. The lowest BCUT2D eigenvalue weighted by Gasteiger charge is -2.03. The topological polar surface area (TPSA) is 71.5 Å². The van der Waals surface area contributed by atoms with Gasteiger partial charge in [-0.2, -0.15) is 5.26 Å². The smallest absolute Gasteiger partial charge is 0.100 e. The molecule has 0 aliphatic heterocycles. The first kappa shape index (κ1) is 19.5. The van der Waals surface area contributed by atoms with Gasteiger partial charge in [0.25, 0.3) is 0 Å². The first-order chi connectivity index (χ1) is 14.6. The van der Waals surface area contributed by atoms with Gasteiger partial charge in [0.2, 0.25) is 0 Å². The summed E-state index contributed by atoms with van der Waals surface area (Å²) in [5.74, 6) is 0. The maximum atomic E-state index is 8.84. The van der Waals surface area contributed by atoms with E-state index in [9.17, 15) is 0 Å². The minimum atomic E-state index is 0.258. The third-order valence-electron chi connectivity index (χ3n) is 5.04. The number of nitriles is 1. The van der Waals surface area contributed by atoms with E-state index in [0.29, 0.717) is 12.1 Å². The van der Waals surface area contributed by atoms with Crippen LogP contribution < -0.4 is 0 Å². The highest BCUT2D eigenvalue weighted by Gasteiger charge is 2.10. The molecule has 0 bridgehead atoms. The van der Waals surface area contributed by atoms with Crippen molar-refractivity contribution in [2.75, 3.05) is 0 Å². The van der Waals surface area contributed by atoms with E-state index in [-0.39, 0.29) is 5.57 Å².